The first-order valence-electron chi connectivity index (χ1n) is 6.65. The summed E-state index contributed by atoms with van der Waals surface area (Å²) in [4.78, 5) is 12.4. The van der Waals surface area contributed by atoms with Crippen LogP contribution in [-0.2, 0) is 10.2 Å². The summed E-state index contributed by atoms with van der Waals surface area (Å²) in [5, 5.41) is 2.74. The van der Waals surface area contributed by atoms with Crippen LogP contribution in [0.4, 0.5) is 10.1 Å². The molecule has 2 aromatic rings. The number of nitrogens with one attached hydrogen (secondary N) is 1. The van der Waals surface area contributed by atoms with Crippen LogP contribution in [0.25, 0.3) is 0 Å². The van der Waals surface area contributed by atoms with E-state index in [1.807, 2.05) is 38.1 Å². The molecule has 0 atom stereocenters. The molecule has 0 spiro atoms. The van der Waals surface area contributed by atoms with E-state index in [1.165, 1.54) is 12.1 Å². The maximum absolute atomic E-state index is 13.2. The molecule has 0 aliphatic carbocycles. The number of benzene rings is 2. The van der Waals surface area contributed by atoms with Gasteiger partial charge in [0.05, 0.1) is 12.5 Å². The minimum absolute atomic E-state index is 0.196. The van der Waals surface area contributed by atoms with E-state index in [9.17, 15) is 9.18 Å². The summed E-state index contributed by atoms with van der Waals surface area (Å²) in [6, 6.07) is 13.2. The Bertz CT molecular complexity index is 635. The second kappa shape index (κ2) is 5.95. The van der Waals surface area contributed by atoms with Gasteiger partial charge in [0.1, 0.15) is 11.6 Å². The number of ether oxygens (including phenoxy) is 1. The van der Waals surface area contributed by atoms with Crippen molar-refractivity contribution >= 4 is 11.6 Å². The predicted octanol–water partition coefficient (Wildman–Crippen LogP) is 3.75. The van der Waals surface area contributed by atoms with Gasteiger partial charge in [-0.3, -0.25) is 4.79 Å². The zero-order chi connectivity index (χ0) is 15.5. The molecule has 0 saturated heterocycles. The van der Waals surface area contributed by atoms with Crippen molar-refractivity contribution in [1.82, 2.24) is 0 Å². The van der Waals surface area contributed by atoms with Gasteiger partial charge in [0.25, 0.3) is 0 Å². The molecule has 3 nitrogen and oxygen atoms in total. The van der Waals surface area contributed by atoms with Crippen molar-refractivity contribution in [1.29, 1.82) is 0 Å². The highest BCUT2D eigenvalue weighted by Gasteiger charge is 2.29. The third-order valence-corrected chi connectivity index (χ3v) is 3.46. The lowest BCUT2D eigenvalue weighted by atomic mass is 9.83. The van der Waals surface area contributed by atoms with Gasteiger partial charge in [-0.2, -0.15) is 0 Å². The van der Waals surface area contributed by atoms with Crippen LogP contribution in [0.5, 0.6) is 5.75 Å². The topological polar surface area (TPSA) is 38.3 Å². The average molecular weight is 287 g/mol. The maximum atomic E-state index is 13.2. The van der Waals surface area contributed by atoms with Crippen LogP contribution in [0.1, 0.15) is 19.4 Å². The van der Waals surface area contributed by atoms with Crippen molar-refractivity contribution in [3.63, 3.8) is 0 Å². The second-order valence-corrected chi connectivity index (χ2v) is 5.32. The summed E-state index contributed by atoms with van der Waals surface area (Å²) in [5.74, 6) is 0.161. The average Bonchev–Trinajstić information content (AvgIpc) is 2.47. The van der Waals surface area contributed by atoms with Gasteiger partial charge in [-0.05, 0) is 49.7 Å². The van der Waals surface area contributed by atoms with Crippen molar-refractivity contribution in [2.24, 2.45) is 0 Å². The van der Waals surface area contributed by atoms with Gasteiger partial charge >= 0.3 is 0 Å². The van der Waals surface area contributed by atoms with Gasteiger partial charge in [-0.15, -0.1) is 0 Å². The van der Waals surface area contributed by atoms with Crippen molar-refractivity contribution in [3.8, 4) is 5.75 Å². The van der Waals surface area contributed by atoms with Crippen molar-refractivity contribution in [2.75, 3.05) is 12.4 Å². The minimum atomic E-state index is -0.738. The summed E-state index contributed by atoms with van der Waals surface area (Å²) in [7, 11) is 1.59. The summed E-state index contributed by atoms with van der Waals surface area (Å²) in [5.41, 5.74) is 0.567. The molecule has 2 aromatic carbocycles. The van der Waals surface area contributed by atoms with E-state index in [4.69, 9.17) is 4.74 Å². The predicted molar refractivity (Wildman–Crippen MR) is 81.0 cm³/mol. The first kappa shape index (κ1) is 15.0. The molecule has 0 unspecified atom stereocenters. The normalized spacial score (nSPS) is 11.0. The molecule has 0 aromatic heterocycles. The number of carbonyl (C=O) groups excluding carboxylic acids is 1. The third-order valence-electron chi connectivity index (χ3n) is 3.46. The lowest BCUT2D eigenvalue weighted by molar-refractivity contribution is -0.120. The number of hydrogen-bond acceptors (Lipinski definition) is 2. The number of amides is 1. The molecule has 21 heavy (non-hydrogen) atoms. The smallest absolute Gasteiger partial charge is 0.234 e. The second-order valence-electron chi connectivity index (χ2n) is 5.32. The molecule has 0 aliphatic rings. The van der Waals surface area contributed by atoms with Gasteiger partial charge in [0.15, 0.2) is 0 Å². The van der Waals surface area contributed by atoms with Crippen LogP contribution < -0.4 is 10.1 Å². The zero-order valence-electron chi connectivity index (χ0n) is 12.3. The Balaban J connectivity index is 2.19. The molecule has 1 amide bonds. The summed E-state index contributed by atoms with van der Waals surface area (Å²) < 4.78 is 18.3. The van der Waals surface area contributed by atoms with E-state index in [0.29, 0.717) is 5.69 Å². The molecule has 0 radical (unpaired) electrons. The Morgan fingerprint density at radius 3 is 2.38 bits per heavy atom. The molecule has 4 heteroatoms. The Kier molecular flexibility index (Phi) is 4.26. The van der Waals surface area contributed by atoms with Gasteiger partial charge in [-0.25, -0.2) is 4.39 Å². The fourth-order valence-electron chi connectivity index (χ4n) is 1.99. The standard InChI is InChI=1S/C17H18FNO2/c1-17(2,12-7-9-15(21-3)10-8-12)16(20)19-14-6-4-5-13(18)11-14/h4-11H,1-3H3,(H,19,20). The fourth-order valence-corrected chi connectivity index (χ4v) is 1.99. The third kappa shape index (κ3) is 3.40. The number of rotatable bonds is 4. The summed E-state index contributed by atoms with van der Waals surface area (Å²) >= 11 is 0. The van der Waals surface area contributed by atoms with Gasteiger partial charge in [-0.1, -0.05) is 18.2 Å². The van der Waals surface area contributed by atoms with Crippen LogP contribution in [0.2, 0.25) is 0 Å². The van der Waals surface area contributed by atoms with Crippen molar-refractivity contribution in [2.45, 2.75) is 19.3 Å². The monoisotopic (exact) mass is 287 g/mol. The highest BCUT2D eigenvalue weighted by Crippen LogP contribution is 2.27. The van der Waals surface area contributed by atoms with E-state index in [0.717, 1.165) is 11.3 Å². The summed E-state index contributed by atoms with van der Waals surface area (Å²) in [6.07, 6.45) is 0. The molecular formula is C17H18FNO2. The Morgan fingerprint density at radius 1 is 1.14 bits per heavy atom. The van der Waals surface area contributed by atoms with Crippen LogP contribution in [0.15, 0.2) is 48.5 Å². The molecular weight excluding hydrogens is 269 g/mol. The van der Waals surface area contributed by atoms with E-state index >= 15 is 0 Å². The van der Waals surface area contributed by atoms with E-state index in [-0.39, 0.29) is 11.7 Å². The Labute approximate surface area is 123 Å². The van der Waals surface area contributed by atoms with E-state index < -0.39 is 5.41 Å². The molecule has 110 valence electrons. The largest absolute Gasteiger partial charge is 0.497 e. The maximum Gasteiger partial charge on any atom is 0.234 e. The van der Waals surface area contributed by atoms with Crippen molar-refractivity contribution < 1.29 is 13.9 Å². The lowest BCUT2D eigenvalue weighted by Gasteiger charge is -2.24. The zero-order valence-corrected chi connectivity index (χ0v) is 12.3. The number of halogens is 1. The highest BCUT2D eigenvalue weighted by molar-refractivity contribution is 5.98. The Hall–Kier alpha value is -2.36. The number of carbonyl (C=O) groups is 1. The van der Waals surface area contributed by atoms with Crippen LogP contribution >= 0.6 is 0 Å². The molecule has 0 fully saturated rings. The fraction of sp³-hybridized carbons (Fsp3) is 0.235. The lowest BCUT2D eigenvalue weighted by Crippen LogP contribution is -2.34. The summed E-state index contributed by atoms with van der Waals surface area (Å²) in [6.45, 7) is 3.65. The SMILES string of the molecule is COc1ccc(C(C)(C)C(=O)Nc2cccc(F)c2)cc1. The van der Waals surface area contributed by atoms with Gasteiger partial charge < -0.3 is 10.1 Å². The quantitative estimate of drug-likeness (QED) is 0.930. The minimum Gasteiger partial charge on any atom is -0.497 e. The molecule has 0 saturated carbocycles. The number of hydrogen-bond donors (Lipinski definition) is 1. The van der Waals surface area contributed by atoms with Crippen LogP contribution in [0, 0.1) is 5.82 Å². The molecule has 0 bridgehead atoms. The first-order chi connectivity index (χ1) is 9.93. The van der Waals surface area contributed by atoms with Gasteiger partial charge in [0.2, 0.25) is 5.91 Å². The molecule has 2 rings (SSSR count). The van der Waals surface area contributed by atoms with Crippen LogP contribution in [-0.4, -0.2) is 13.0 Å². The van der Waals surface area contributed by atoms with Crippen molar-refractivity contribution in [3.05, 3.63) is 59.9 Å². The van der Waals surface area contributed by atoms with E-state index in [2.05, 4.69) is 5.32 Å². The Morgan fingerprint density at radius 2 is 1.81 bits per heavy atom. The first-order valence-corrected chi connectivity index (χ1v) is 6.65. The highest BCUT2D eigenvalue weighted by atomic mass is 19.1. The molecule has 0 heterocycles. The molecule has 1 N–H and O–H groups in total. The number of methoxy groups -OCH3 is 1. The molecule has 0 aliphatic heterocycles. The van der Waals surface area contributed by atoms with Crippen LogP contribution in [0.3, 0.4) is 0 Å². The van der Waals surface area contributed by atoms with Gasteiger partial charge in [0, 0.05) is 5.69 Å². The number of anilines is 1. The van der Waals surface area contributed by atoms with E-state index in [1.54, 1.807) is 19.2 Å².